The average Bonchev–Trinajstić information content (AvgIpc) is 3.58. The molecule has 0 aliphatic carbocycles. The van der Waals surface area contributed by atoms with Gasteiger partial charge in [0.1, 0.15) is 0 Å². The topological polar surface area (TPSA) is 76.5 Å². The second-order valence-corrected chi connectivity index (χ2v) is 16.9. The van der Waals surface area contributed by atoms with Crippen LogP contribution in [0.5, 0.6) is 0 Å². The molecule has 0 atom stereocenters. The fourth-order valence-corrected chi connectivity index (χ4v) is 9.13. The van der Waals surface area contributed by atoms with Gasteiger partial charge in [0.05, 0.1) is 13.6 Å². The van der Waals surface area contributed by atoms with Crippen LogP contribution in [-0.4, -0.2) is 25.1 Å². The molecule has 0 unspecified atom stereocenters. The highest BCUT2D eigenvalue weighted by Gasteiger charge is 2.28. The Labute approximate surface area is 264 Å². The van der Waals surface area contributed by atoms with Crippen LogP contribution in [0.25, 0.3) is 0 Å². The van der Waals surface area contributed by atoms with Crippen molar-refractivity contribution in [1.82, 2.24) is 8.28 Å². The third-order valence-electron chi connectivity index (χ3n) is 6.76. The summed E-state index contributed by atoms with van der Waals surface area (Å²) in [5.74, 6) is 0.469. The van der Waals surface area contributed by atoms with Crippen molar-refractivity contribution in [2.45, 2.75) is 47.4 Å². The first kappa shape index (κ1) is 30.8. The van der Waals surface area contributed by atoms with Gasteiger partial charge in [-0.3, -0.25) is 0 Å². The van der Waals surface area contributed by atoms with E-state index in [-0.39, 0.29) is 22.9 Å². The highest BCUT2D eigenvalue weighted by atomic mass is 79.9. The standard InChI is InChI=1S/C31H29BrN2O4S4/c1-23-8-12-29(13-9-23)41(35,36)33(18-25-16-17-39-31(25)32)19-26-20-34(42(37,38)30-14-10-24(2)11-15-30)21-27(26)22-40-28-6-4-3-5-7-28/h3-17,20-21H,18-19,22H2,1-2H3. The first-order chi connectivity index (χ1) is 20.0. The van der Waals surface area contributed by atoms with Gasteiger partial charge < -0.3 is 0 Å². The molecule has 2 heterocycles. The van der Waals surface area contributed by atoms with Gasteiger partial charge >= 0.3 is 0 Å². The number of hydrogen-bond donors (Lipinski definition) is 0. The van der Waals surface area contributed by atoms with Gasteiger partial charge in [0.25, 0.3) is 10.0 Å². The lowest BCUT2D eigenvalue weighted by Gasteiger charge is -2.23. The van der Waals surface area contributed by atoms with Crippen molar-refractivity contribution in [2.75, 3.05) is 0 Å². The van der Waals surface area contributed by atoms with Crippen molar-refractivity contribution in [3.8, 4) is 0 Å². The molecule has 0 spiro atoms. The van der Waals surface area contributed by atoms with E-state index < -0.39 is 20.0 Å². The number of thioether (sulfide) groups is 1. The minimum atomic E-state index is -3.92. The second kappa shape index (κ2) is 12.9. The van der Waals surface area contributed by atoms with Crippen molar-refractivity contribution in [1.29, 1.82) is 0 Å². The number of benzene rings is 3. The Hall–Kier alpha value is -2.67. The fourth-order valence-electron chi connectivity index (χ4n) is 4.33. The molecule has 5 rings (SSSR count). The Balaban J connectivity index is 1.57. The first-order valence-electron chi connectivity index (χ1n) is 13.0. The van der Waals surface area contributed by atoms with Gasteiger partial charge in [0.15, 0.2) is 0 Å². The maximum Gasteiger partial charge on any atom is 0.267 e. The molecule has 2 aromatic heterocycles. The molecule has 0 amide bonds. The highest BCUT2D eigenvalue weighted by molar-refractivity contribution is 9.11. The van der Waals surface area contributed by atoms with Crippen LogP contribution in [0.4, 0.5) is 0 Å². The number of thiophene rings is 1. The molecule has 0 aliphatic rings. The van der Waals surface area contributed by atoms with E-state index >= 15 is 0 Å². The largest absolute Gasteiger partial charge is 0.267 e. The molecule has 0 saturated carbocycles. The molecule has 0 aliphatic heterocycles. The Morgan fingerprint density at radius 3 is 1.90 bits per heavy atom. The van der Waals surface area contributed by atoms with Crippen LogP contribution in [0.3, 0.4) is 0 Å². The summed E-state index contributed by atoms with van der Waals surface area (Å²) in [6.45, 7) is 3.93. The quantitative estimate of drug-likeness (QED) is 0.131. The van der Waals surface area contributed by atoms with Crippen molar-refractivity contribution >= 4 is 59.1 Å². The van der Waals surface area contributed by atoms with Crippen LogP contribution in [0.1, 0.15) is 27.8 Å². The molecular formula is C31H29BrN2O4S4. The number of halogens is 1. The maximum absolute atomic E-state index is 14.0. The molecule has 42 heavy (non-hydrogen) atoms. The maximum atomic E-state index is 14.0. The Morgan fingerprint density at radius 2 is 1.31 bits per heavy atom. The van der Waals surface area contributed by atoms with Crippen LogP contribution in [0, 0.1) is 13.8 Å². The Morgan fingerprint density at radius 1 is 0.738 bits per heavy atom. The summed E-state index contributed by atoms with van der Waals surface area (Å²) in [6.07, 6.45) is 3.16. The van der Waals surface area contributed by atoms with E-state index in [4.69, 9.17) is 0 Å². The van der Waals surface area contributed by atoms with E-state index in [0.717, 1.165) is 30.9 Å². The number of hydrogen-bond acceptors (Lipinski definition) is 6. The van der Waals surface area contributed by atoms with Crippen LogP contribution < -0.4 is 0 Å². The smallest absolute Gasteiger partial charge is 0.248 e. The summed E-state index contributed by atoms with van der Waals surface area (Å²) in [5, 5.41) is 1.91. The lowest BCUT2D eigenvalue weighted by Crippen LogP contribution is -2.30. The van der Waals surface area contributed by atoms with Gasteiger partial charge in [-0.2, -0.15) is 4.31 Å². The monoisotopic (exact) mass is 700 g/mol. The van der Waals surface area contributed by atoms with Gasteiger partial charge in [0.2, 0.25) is 10.0 Å². The van der Waals surface area contributed by atoms with Crippen LogP contribution in [0.15, 0.2) is 121 Å². The molecule has 0 saturated heterocycles. The summed E-state index contributed by atoms with van der Waals surface area (Å²) in [7, 11) is -7.82. The van der Waals surface area contributed by atoms with Gasteiger partial charge in [-0.25, -0.2) is 20.8 Å². The average molecular weight is 702 g/mol. The van der Waals surface area contributed by atoms with Crippen LogP contribution in [0.2, 0.25) is 0 Å². The van der Waals surface area contributed by atoms with Gasteiger partial charge in [-0.15, -0.1) is 23.1 Å². The predicted molar refractivity (Wildman–Crippen MR) is 174 cm³/mol. The summed E-state index contributed by atoms with van der Waals surface area (Å²) >= 11 is 6.60. The fraction of sp³-hybridized carbons (Fsp3) is 0.161. The van der Waals surface area contributed by atoms with Crippen LogP contribution in [-0.2, 0) is 38.9 Å². The Bertz CT molecular complexity index is 1880. The zero-order chi connectivity index (χ0) is 29.9. The number of rotatable bonds is 11. The normalized spacial score (nSPS) is 12.2. The molecule has 11 heteroatoms. The molecule has 0 bridgehead atoms. The van der Waals surface area contributed by atoms with Gasteiger partial charge in [0, 0.05) is 36.1 Å². The number of sulfonamides is 1. The van der Waals surface area contributed by atoms with Crippen molar-refractivity contribution in [3.63, 3.8) is 0 Å². The summed E-state index contributed by atoms with van der Waals surface area (Å²) in [4.78, 5) is 1.39. The van der Waals surface area contributed by atoms with E-state index in [1.807, 2.05) is 55.6 Å². The van der Waals surface area contributed by atoms with E-state index in [1.54, 1.807) is 72.7 Å². The molecule has 218 valence electrons. The van der Waals surface area contributed by atoms with E-state index in [2.05, 4.69) is 15.9 Å². The van der Waals surface area contributed by atoms with E-state index in [9.17, 15) is 16.8 Å². The molecule has 5 aromatic rings. The third kappa shape index (κ3) is 6.93. The predicted octanol–water partition coefficient (Wildman–Crippen LogP) is 7.85. The lowest BCUT2D eigenvalue weighted by molar-refractivity contribution is 0.400. The molecule has 6 nitrogen and oxygen atoms in total. The molecule has 0 N–H and O–H groups in total. The van der Waals surface area contributed by atoms with Crippen molar-refractivity contribution in [3.05, 3.63) is 134 Å². The minimum absolute atomic E-state index is 0.000400. The SMILES string of the molecule is Cc1ccc(S(=O)(=O)N(Cc2cn(S(=O)(=O)c3ccc(C)cc3)cc2CSc2ccccc2)Cc2ccsc2Br)cc1. The zero-order valence-electron chi connectivity index (χ0n) is 23.0. The van der Waals surface area contributed by atoms with E-state index in [0.29, 0.717) is 11.3 Å². The van der Waals surface area contributed by atoms with E-state index in [1.165, 1.54) is 19.6 Å². The minimum Gasteiger partial charge on any atom is -0.248 e. The number of aryl methyl sites for hydroxylation is 2. The van der Waals surface area contributed by atoms with Gasteiger partial charge in [-0.1, -0.05) is 53.6 Å². The van der Waals surface area contributed by atoms with Crippen molar-refractivity contribution in [2.24, 2.45) is 0 Å². The second-order valence-electron chi connectivity index (χ2n) is 9.86. The lowest BCUT2D eigenvalue weighted by atomic mass is 10.2. The summed E-state index contributed by atoms with van der Waals surface area (Å²) in [6, 6.07) is 25.2. The zero-order valence-corrected chi connectivity index (χ0v) is 27.8. The Kier molecular flexibility index (Phi) is 9.46. The summed E-state index contributed by atoms with van der Waals surface area (Å²) in [5.41, 5.74) is 4.12. The number of nitrogens with zero attached hydrogens (tertiary/aromatic N) is 2. The van der Waals surface area contributed by atoms with Crippen molar-refractivity contribution < 1.29 is 16.8 Å². The number of aromatic nitrogens is 1. The molecule has 3 aromatic carbocycles. The first-order valence-corrected chi connectivity index (χ1v) is 18.6. The third-order valence-corrected chi connectivity index (χ3v) is 13.1. The van der Waals surface area contributed by atoms with Crippen LogP contribution >= 0.6 is 39.0 Å². The molecular weight excluding hydrogens is 673 g/mol. The molecule has 0 fully saturated rings. The summed E-state index contributed by atoms with van der Waals surface area (Å²) < 4.78 is 58.8. The molecule has 0 radical (unpaired) electrons. The van der Waals surface area contributed by atoms with Gasteiger partial charge in [-0.05, 0) is 94.3 Å². The highest BCUT2D eigenvalue weighted by Crippen LogP contribution is 2.31.